The van der Waals surface area contributed by atoms with E-state index in [1.165, 1.54) is 22.9 Å². The maximum atomic E-state index is 12.5. The summed E-state index contributed by atoms with van der Waals surface area (Å²) in [6, 6.07) is 14.8. The quantitative estimate of drug-likeness (QED) is 0.653. The fraction of sp³-hybridized carbons (Fsp3) is 0.0526. The molecule has 0 bridgehead atoms. The highest BCUT2D eigenvalue weighted by atomic mass is 35.5. The van der Waals surface area contributed by atoms with E-state index in [1.54, 1.807) is 30.3 Å². The monoisotopic (exact) mass is 406 g/mol. The van der Waals surface area contributed by atoms with Gasteiger partial charge in [0.2, 0.25) is 0 Å². The van der Waals surface area contributed by atoms with E-state index in [1.807, 2.05) is 12.1 Å². The summed E-state index contributed by atoms with van der Waals surface area (Å²) in [5, 5.41) is 4.10. The lowest BCUT2D eigenvalue weighted by molar-refractivity contribution is 0.102. The number of rotatable bonds is 4. The molecule has 0 aliphatic rings. The predicted octanol–water partition coefficient (Wildman–Crippen LogP) is 5.11. The van der Waals surface area contributed by atoms with Gasteiger partial charge >= 0.3 is 0 Å². The first-order valence-corrected chi connectivity index (χ1v) is 8.77. The largest absolute Gasteiger partial charge is 0.321 e. The minimum Gasteiger partial charge on any atom is -0.321 e. The SMILES string of the molecule is O=C(Nc1ccc(Cl)cc1Cl)c1ccc(=O)n(Cc2cccc(Cl)c2)c1. The molecule has 1 aromatic heterocycles. The highest BCUT2D eigenvalue weighted by Gasteiger charge is 2.11. The first-order chi connectivity index (χ1) is 12.4. The molecule has 0 spiro atoms. The van der Waals surface area contributed by atoms with Gasteiger partial charge in [-0.15, -0.1) is 0 Å². The zero-order valence-corrected chi connectivity index (χ0v) is 15.6. The Labute approximate surface area is 164 Å². The number of hydrogen-bond acceptors (Lipinski definition) is 2. The van der Waals surface area contributed by atoms with Crippen LogP contribution in [0.15, 0.2) is 65.6 Å². The number of benzene rings is 2. The molecule has 1 amide bonds. The van der Waals surface area contributed by atoms with Crippen molar-refractivity contribution >= 4 is 46.4 Å². The van der Waals surface area contributed by atoms with Crippen LogP contribution in [-0.2, 0) is 6.54 Å². The van der Waals surface area contributed by atoms with Crippen LogP contribution in [0.2, 0.25) is 15.1 Å². The summed E-state index contributed by atoms with van der Waals surface area (Å²) < 4.78 is 1.45. The molecule has 0 radical (unpaired) electrons. The van der Waals surface area contributed by atoms with Crippen LogP contribution in [0, 0.1) is 0 Å². The van der Waals surface area contributed by atoms with Gasteiger partial charge in [-0.1, -0.05) is 46.9 Å². The second-order valence-electron chi connectivity index (χ2n) is 5.59. The molecule has 1 N–H and O–H groups in total. The predicted molar refractivity (Wildman–Crippen MR) is 106 cm³/mol. The summed E-state index contributed by atoms with van der Waals surface area (Å²) in [4.78, 5) is 24.6. The van der Waals surface area contributed by atoms with Crippen molar-refractivity contribution < 1.29 is 4.79 Å². The van der Waals surface area contributed by atoms with Crippen LogP contribution in [0.4, 0.5) is 5.69 Å². The summed E-state index contributed by atoms with van der Waals surface area (Å²) >= 11 is 17.9. The number of carbonyl (C=O) groups is 1. The van der Waals surface area contributed by atoms with Gasteiger partial charge in [0.25, 0.3) is 11.5 Å². The van der Waals surface area contributed by atoms with Crippen LogP contribution < -0.4 is 10.9 Å². The molecular formula is C19H13Cl3N2O2. The minimum absolute atomic E-state index is 0.217. The normalized spacial score (nSPS) is 10.6. The van der Waals surface area contributed by atoms with Crippen molar-refractivity contribution in [2.24, 2.45) is 0 Å². The van der Waals surface area contributed by atoms with Gasteiger partial charge in [-0.2, -0.15) is 0 Å². The molecule has 0 saturated carbocycles. The molecule has 2 aromatic carbocycles. The molecule has 1 heterocycles. The molecule has 3 rings (SSSR count). The topological polar surface area (TPSA) is 51.1 Å². The van der Waals surface area contributed by atoms with Crippen molar-refractivity contribution in [3.8, 4) is 0 Å². The second-order valence-corrected chi connectivity index (χ2v) is 6.87. The van der Waals surface area contributed by atoms with E-state index in [0.29, 0.717) is 32.9 Å². The van der Waals surface area contributed by atoms with Gasteiger partial charge < -0.3 is 9.88 Å². The Kier molecular flexibility index (Phi) is 5.67. The van der Waals surface area contributed by atoms with Gasteiger partial charge in [0.1, 0.15) is 0 Å². The zero-order valence-electron chi connectivity index (χ0n) is 13.4. The number of pyridine rings is 1. The minimum atomic E-state index is -0.380. The van der Waals surface area contributed by atoms with Crippen molar-refractivity contribution in [2.75, 3.05) is 5.32 Å². The number of nitrogens with zero attached hydrogens (tertiary/aromatic N) is 1. The molecule has 3 aromatic rings. The molecule has 0 unspecified atom stereocenters. The highest BCUT2D eigenvalue weighted by Crippen LogP contribution is 2.25. The molecule has 26 heavy (non-hydrogen) atoms. The third kappa shape index (κ3) is 4.47. The first kappa shape index (κ1) is 18.5. The average molecular weight is 408 g/mol. The Morgan fingerprint density at radius 2 is 1.73 bits per heavy atom. The van der Waals surface area contributed by atoms with E-state index >= 15 is 0 Å². The van der Waals surface area contributed by atoms with E-state index in [9.17, 15) is 9.59 Å². The summed E-state index contributed by atoms with van der Waals surface area (Å²) in [6.45, 7) is 0.308. The van der Waals surface area contributed by atoms with Crippen LogP contribution in [0.1, 0.15) is 15.9 Å². The summed E-state index contributed by atoms with van der Waals surface area (Å²) in [7, 11) is 0. The molecule has 0 fully saturated rings. The molecule has 0 atom stereocenters. The van der Waals surface area contributed by atoms with Gasteiger partial charge in [-0.3, -0.25) is 9.59 Å². The smallest absolute Gasteiger partial charge is 0.257 e. The molecule has 7 heteroatoms. The number of nitrogens with one attached hydrogen (secondary N) is 1. The van der Waals surface area contributed by atoms with Crippen molar-refractivity contribution in [1.29, 1.82) is 0 Å². The fourth-order valence-electron chi connectivity index (χ4n) is 2.41. The summed E-state index contributed by atoms with van der Waals surface area (Å²) in [5.41, 5.74) is 1.41. The molecular weight excluding hydrogens is 395 g/mol. The zero-order chi connectivity index (χ0) is 18.7. The number of amides is 1. The van der Waals surface area contributed by atoms with Gasteiger partial charge in [0.05, 0.1) is 22.8 Å². The lowest BCUT2D eigenvalue weighted by Crippen LogP contribution is -2.22. The van der Waals surface area contributed by atoms with E-state index in [-0.39, 0.29) is 11.5 Å². The van der Waals surface area contributed by atoms with Crippen LogP contribution in [-0.4, -0.2) is 10.5 Å². The number of aromatic nitrogens is 1. The Hall–Kier alpha value is -2.27. The second kappa shape index (κ2) is 7.96. The van der Waals surface area contributed by atoms with Crippen molar-refractivity contribution in [3.05, 3.63) is 97.3 Å². The Balaban J connectivity index is 1.84. The third-order valence-electron chi connectivity index (χ3n) is 3.67. The molecule has 0 saturated heterocycles. The van der Waals surface area contributed by atoms with E-state index in [0.717, 1.165) is 5.56 Å². The van der Waals surface area contributed by atoms with Gasteiger partial charge in [-0.05, 0) is 42.0 Å². The van der Waals surface area contributed by atoms with E-state index < -0.39 is 0 Å². The third-order valence-corrected chi connectivity index (χ3v) is 4.45. The summed E-state index contributed by atoms with van der Waals surface area (Å²) in [6.07, 6.45) is 1.50. The number of hydrogen-bond donors (Lipinski definition) is 1. The summed E-state index contributed by atoms with van der Waals surface area (Å²) in [5.74, 6) is -0.380. The maximum Gasteiger partial charge on any atom is 0.257 e. The number of halogens is 3. The standard InChI is InChI=1S/C19H13Cl3N2O2/c20-14-3-1-2-12(8-14)10-24-11-13(4-7-18(24)25)19(26)23-17-6-5-15(21)9-16(17)22/h1-9,11H,10H2,(H,23,26). The van der Waals surface area contributed by atoms with Gasteiger partial charge in [0, 0.05) is 22.3 Å². The Morgan fingerprint density at radius 1 is 0.962 bits per heavy atom. The first-order valence-electron chi connectivity index (χ1n) is 7.64. The van der Waals surface area contributed by atoms with Crippen LogP contribution >= 0.6 is 34.8 Å². The van der Waals surface area contributed by atoms with E-state index in [2.05, 4.69) is 5.32 Å². The lowest BCUT2D eigenvalue weighted by Gasteiger charge is -2.10. The lowest BCUT2D eigenvalue weighted by atomic mass is 10.2. The van der Waals surface area contributed by atoms with Crippen molar-refractivity contribution in [3.63, 3.8) is 0 Å². The fourth-order valence-corrected chi connectivity index (χ4v) is 3.08. The Bertz CT molecular complexity index is 1030. The highest BCUT2D eigenvalue weighted by molar-refractivity contribution is 6.36. The average Bonchev–Trinajstić information content (AvgIpc) is 2.59. The molecule has 0 aliphatic heterocycles. The van der Waals surface area contributed by atoms with Crippen LogP contribution in [0.25, 0.3) is 0 Å². The number of anilines is 1. The molecule has 132 valence electrons. The number of carbonyl (C=O) groups excluding carboxylic acids is 1. The van der Waals surface area contributed by atoms with E-state index in [4.69, 9.17) is 34.8 Å². The molecule has 4 nitrogen and oxygen atoms in total. The van der Waals surface area contributed by atoms with Gasteiger partial charge in [0.15, 0.2) is 0 Å². The van der Waals surface area contributed by atoms with Crippen LogP contribution in [0.5, 0.6) is 0 Å². The van der Waals surface area contributed by atoms with Crippen molar-refractivity contribution in [2.45, 2.75) is 6.54 Å². The van der Waals surface area contributed by atoms with Crippen molar-refractivity contribution in [1.82, 2.24) is 4.57 Å². The van der Waals surface area contributed by atoms with Gasteiger partial charge in [-0.25, -0.2) is 0 Å². The maximum absolute atomic E-state index is 12.5. The van der Waals surface area contributed by atoms with Crippen LogP contribution in [0.3, 0.4) is 0 Å². The molecule has 0 aliphatic carbocycles. The Morgan fingerprint density at radius 3 is 2.46 bits per heavy atom.